The Bertz CT molecular complexity index is 1400. The zero-order valence-electron chi connectivity index (χ0n) is 24.6. The van der Waals surface area contributed by atoms with E-state index in [0.29, 0.717) is 28.7 Å². The predicted octanol–water partition coefficient (Wildman–Crippen LogP) is 7.10. The van der Waals surface area contributed by atoms with Crippen molar-refractivity contribution in [3.05, 3.63) is 95.1 Å². The lowest BCUT2D eigenvalue weighted by molar-refractivity contribution is 0.324. The first-order valence-corrected chi connectivity index (χ1v) is 13.4. The summed E-state index contributed by atoms with van der Waals surface area (Å²) >= 11 is 0. The summed E-state index contributed by atoms with van der Waals surface area (Å²) in [5.41, 5.74) is 4.51. The number of benzene rings is 4. The Morgan fingerprint density at radius 3 is 1.66 bits per heavy atom. The van der Waals surface area contributed by atoms with Crippen LogP contribution in [0, 0.1) is 0 Å². The van der Waals surface area contributed by atoms with E-state index in [0.717, 1.165) is 54.1 Å². The molecule has 0 spiro atoms. The quantitative estimate of drug-likeness (QED) is 0.164. The van der Waals surface area contributed by atoms with Gasteiger partial charge >= 0.3 is 0 Å². The lowest BCUT2D eigenvalue weighted by Crippen LogP contribution is -1.99. The van der Waals surface area contributed by atoms with Crippen molar-refractivity contribution < 1.29 is 33.2 Å². The van der Waals surface area contributed by atoms with Crippen LogP contribution in [0.5, 0.6) is 46.0 Å². The van der Waals surface area contributed by atoms with E-state index in [2.05, 4.69) is 24.3 Å². The van der Waals surface area contributed by atoms with Crippen molar-refractivity contribution in [2.24, 2.45) is 0 Å². The van der Waals surface area contributed by atoms with E-state index in [1.165, 1.54) is 11.1 Å². The summed E-state index contributed by atoms with van der Waals surface area (Å²) in [5, 5.41) is 0. The lowest BCUT2D eigenvalue weighted by Gasteiger charge is -2.16. The van der Waals surface area contributed by atoms with Crippen LogP contribution in [-0.4, -0.2) is 42.7 Å². The maximum Gasteiger partial charge on any atom is 0.203 e. The normalized spacial score (nSPS) is 10.6. The molecule has 0 aliphatic heterocycles. The lowest BCUT2D eigenvalue weighted by atomic mass is 10.0. The molecular formula is C34H38O7. The van der Waals surface area contributed by atoms with Gasteiger partial charge in [0.1, 0.15) is 17.2 Å². The zero-order chi connectivity index (χ0) is 29.2. The SMILES string of the molecule is COc1cccc(CCc2cc(Oc3ccc(CCc4cc(OC)c(OC)c(OC)c4)cc3)c(OC)cc2OC)c1. The minimum absolute atomic E-state index is 0.595. The first kappa shape index (κ1) is 29.5. The average Bonchev–Trinajstić information content (AvgIpc) is 3.02. The second-order valence-electron chi connectivity index (χ2n) is 9.45. The molecule has 0 aliphatic rings. The maximum atomic E-state index is 6.29. The van der Waals surface area contributed by atoms with Gasteiger partial charge in [0, 0.05) is 6.07 Å². The molecule has 0 atom stereocenters. The number of ether oxygens (including phenoxy) is 7. The van der Waals surface area contributed by atoms with Crippen molar-refractivity contribution >= 4 is 0 Å². The smallest absolute Gasteiger partial charge is 0.203 e. The third-order valence-corrected chi connectivity index (χ3v) is 6.96. The Kier molecular flexibility index (Phi) is 10.2. The number of rotatable bonds is 14. The summed E-state index contributed by atoms with van der Waals surface area (Å²) in [6, 6.07) is 24.0. The Hall–Kier alpha value is -4.52. The minimum atomic E-state index is 0.595. The van der Waals surface area contributed by atoms with Gasteiger partial charge in [-0.15, -0.1) is 0 Å². The molecule has 4 aromatic rings. The Labute approximate surface area is 242 Å². The Morgan fingerprint density at radius 2 is 1.05 bits per heavy atom. The van der Waals surface area contributed by atoms with Gasteiger partial charge in [-0.2, -0.15) is 0 Å². The van der Waals surface area contributed by atoms with Crippen molar-refractivity contribution in [3.63, 3.8) is 0 Å². The van der Waals surface area contributed by atoms with Crippen LogP contribution < -0.4 is 33.2 Å². The summed E-state index contributed by atoms with van der Waals surface area (Å²) in [5.74, 6) is 5.49. The van der Waals surface area contributed by atoms with Crippen molar-refractivity contribution in [3.8, 4) is 46.0 Å². The summed E-state index contributed by atoms with van der Waals surface area (Å²) in [4.78, 5) is 0. The Morgan fingerprint density at radius 1 is 0.415 bits per heavy atom. The van der Waals surface area contributed by atoms with Gasteiger partial charge in [0.15, 0.2) is 23.0 Å². The highest BCUT2D eigenvalue weighted by Gasteiger charge is 2.15. The first-order chi connectivity index (χ1) is 20.0. The van der Waals surface area contributed by atoms with Crippen LogP contribution >= 0.6 is 0 Å². The topological polar surface area (TPSA) is 64.6 Å². The van der Waals surface area contributed by atoms with Gasteiger partial charge < -0.3 is 33.2 Å². The largest absolute Gasteiger partial charge is 0.497 e. The predicted molar refractivity (Wildman–Crippen MR) is 160 cm³/mol. The van der Waals surface area contributed by atoms with Crippen LogP contribution in [0.4, 0.5) is 0 Å². The van der Waals surface area contributed by atoms with Crippen LogP contribution in [0.15, 0.2) is 72.8 Å². The number of hydrogen-bond donors (Lipinski definition) is 0. The monoisotopic (exact) mass is 558 g/mol. The highest BCUT2D eigenvalue weighted by molar-refractivity contribution is 5.54. The van der Waals surface area contributed by atoms with Gasteiger partial charge in [0.2, 0.25) is 5.75 Å². The van der Waals surface area contributed by atoms with Gasteiger partial charge in [-0.3, -0.25) is 0 Å². The first-order valence-electron chi connectivity index (χ1n) is 13.4. The molecule has 216 valence electrons. The second-order valence-corrected chi connectivity index (χ2v) is 9.45. The number of hydrogen-bond acceptors (Lipinski definition) is 7. The van der Waals surface area contributed by atoms with Gasteiger partial charge in [-0.05, 0) is 90.4 Å². The molecule has 0 aliphatic carbocycles. The highest BCUT2D eigenvalue weighted by atomic mass is 16.5. The minimum Gasteiger partial charge on any atom is -0.497 e. The molecule has 0 radical (unpaired) electrons. The summed E-state index contributed by atoms with van der Waals surface area (Å²) in [6.07, 6.45) is 3.27. The van der Waals surface area contributed by atoms with Gasteiger partial charge in [-0.25, -0.2) is 0 Å². The van der Waals surface area contributed by atoms with Crippen LogP contribution in [0.3, 0.4) is 0 Å². The van der Waals surface area contributed by atoms with Crippen molar-refractivity contribution in [2.75, 3.05) is 42.7 Å². The highest BCUT2D eigenvalue weighted by Crippen LogP contribution is 2.39. The third kappa shape index (κ3) is 7.37. The van der Waals surface area contributed by atoms with Crippen molar-refractivity contribution in [2.45, 2.75) is 25.7 Å². The van der Waals surface area contributed by atoms with E-state index in [1.807, 2.05) is 48.5 Å². The molecule has 0 fully saturated rings. The van der Waals surface area contributed by atoms with Crippen LogP contribution in [0.2, 0.25) is 0 Å². The molecule has 41 heavy (non-hydrogen) atoms. The van der Waals surface area contributed by atoms with Gasteiger partial charge in [-0.1, -0.05) is 24.3 Å². The van der Waals surface area contributed by atoms with E-state index in [9.17, 15) is 0 Å². The van der Waals surface area contributed by atoms with Crippen LogP contribution in [-0.2, 0) is 25.7 Å². The molecule has 7 nitrogen and oxygen atoms in total. The van der Waals surface area contributed by atoms with Crippen LogP contribution in [0.25, 0.3) is 0 Å². The van der Waals surface area contributed by atoms with Crippen LogP contribution in [0.1, 0.15) is 22.3 Å². The summed E-state index contributed by atoms with van der Waals surface area (Å²) < 4.78 is 39.3. The molecule has 0 saturated carbocycles. The molecule has 4 aromatic carbocycles. The molecule has 4 rings (SSSR count). The molecule has 0 heterocycles. The molecule has 0 bridgehead atoms. The Balaban J connectivity index is 1.46. The molecule has 7 heteroatoms. The van der Waals surface area contributed by atoms with E-state index < -0.39 is 0 Å². The zero-order valence-corrected chi connectivity index (χ0v) is 24.6. The van der Waals surface area contributed by atoms with E-state index >= 15 is 0 Å². The van der Waals surface area contributed by atoms with E-state index in [1.54, 1.807) is 42.7 Å². The fourth-order valence-electron chi connectivity index (χ4n) is 4.73. The van der Waals surface area contributed by atoms with E-state index in [-0.39, 0.29) is 0 Å². The molecule has 0 aromatic heterocycles. The second kappa shape index (κ2) is 14.2. The maximum absolute atomic E-state index is 6.29. The van der Waals surface area contributed by atoms with Crippen molar-refractivity contribution in [1.29, 1.82) is 0 Å². The third-order valence-electron chi connectivity index (χ3n) is 6.96. The average molecular weight is 559 g/mol. The summed E-state index contributed by atoms with van der Waals surface area (Å²) in [7, 11) is 9.83. The van der Waals surface area contributed by atoms with Crippen molar-refractivity contribution in [1.82, 2.24) is 0 Å². The molecule has 0 saturated heterocycles. The van der Waals surface area contributed by atoms with E-state index in [4.69, 9.17) is 33.2 Å². The molecule has 0 N–H and O–H groups in total. The van der Waals surface area contributed by atoms with Gasteiger partial charge in [0.25, 0.3) is 0 Å². The number of aryl methyl sites for hydroxylation is 4. The molecule has 0 unspecified atom stereocenters. The summed E-state index contributed by atoms with van der Waals surface area (Å²) in [6.45, 7) is 0. The molecule has 0 amide bonds. The fraction of sp³-hybridized carbons (Fsp3) is 0.294. The fourth-order valence-corrected chi connectivity index (χ4v) is 4.73. The van der Waals surface area contributed by atoms with Gasteiger partial charge in [0.05, 0.1) is 42.7 Å². The standard InChI is InChI=1S/C34H38O7/c1-35-28-9-7-8-24(18-28)12-15-26-21-31(30(37-3)22-29(26)36-2)41-27-16-13-23(14-17-27)10-11-25-19-32(38-4)34(40-6)33(20-25)39-5/h7-9,13-14,16-22H,10-12,15H2,1-6H3. The molecular weight excluding hydrogens is 520 g/mol. The number of methoxy groups -OCH3 is 6.